The molecule has 28 heavy (non-hydrogen) atoms. The van der Waals surface area contributed by atoms with Crippen LogP contribution in [0.1, 0.15) is 24.0 Å². The molecule has 3 heterocycles. The minimum absolute atomic E-state index is 0.0890. The maximum Gasteiger partial charge on any atom is 0.223 e. The first kappa shape index (κ1) is 18.7. The van der Waals surface area contributed by atoms with Gasteiger partial charge in [0.1, 0.15) is 0 Å². The Morgan fingerprint density at radius 2 is 1.79 bits per heavy atom. The van der Waals surface area contributed by atoms with Crippen LogP contribution in [0, 0.1) is 12.8 Å². The van der Waals surface area contributed by atoms with Crippen molar-refractivity contribution >= 4 is 22.4 Å². The maximum absolute atomic E-state index is 12.5. The quantitative estimate of drug-likeness (QED) is 0.696. The summed E-state index contributed by atoms with van der Waals surface area (Å²) in [5.74, 6) is 0.267. The van der Waals surface area contributed by atoms with Crippen LogP contribution in [0.5, 0.6) is 0 Å². The molecule has 0 aliphatic carbocycles. The molecule has 1 aromatic carbocycles. The molecule has 0 spiro atoms. The van der Waals surface area contributed by atoms with Crippen molar-refractivity contribution in [3.63, 3.8) is 0 Å². The number of aryl methyl sites for hydroxylation is 1. The van der Waals surface area contributed by atoms with Crippen LogP contribution in [-0.2, 0) is 11.2 Å². The number of amides is 1. The fourth-order valence-corrected chi connectivity index (χ4v) is 4.33. The summed E-state index contributed by atoms with van der Waals surface area (Å²) in [5.41, 5.74) is 2.52. The molecular formula is C21H25N5OS. The van der Waals surface area contributed by atoms with Crippen molar-refractivity contribution in [3.8, 4) is 5.13 Å². The zero-order valence-corrected chi connectivity index (χ0v) is 16.9. The molecule has 7 heteroatoms. The highest BCUT2D eigenvalue weighted by Crippen LogP contribution is 2.27. The number of carbonyl (C=O) groups is 1. The molecule has 4 rings (SSSR count). The molecule has 1 N–H and O–H groups in total. The Morgan fingerprint density at radius 1 is 1.11 bits per heavy atom. The van der Waals surface area contributed by atoms with E-state index < -0.39 is 0 Å². The van der Waals surface area contributed by atoms with Crippen LogP contribution in [0.2, 0.25) is 0 Å². The van der Waals surface area contributed by atoms with Crippen molar-refractivity contribution in [1.29, 1.82) is 0 Å². The van der Waals surface area contributed by atoms with Crippen molar-refractivity contribution in [2.75, 3.05) is 24.5 Å². The number of nitrogens with zero attached hydrogens (tertiary/aromatic N) is 4. The minimum atomic E-state index is 0.0890. The van der Waals surface area contributed by atoms with Gasteiger partial charge in [-0.15, -0.1) is 10.2 Å². The zero-order valence-electron chi connectivity index (χ0n) is 16.0. The van der Waals surface area contributed by atoms with E-state index in [9.17, 15) is 4.79 Å². The molecule has 0 saturated carbocycles. The van der Waals surface area contributed by atoms with Crippen LogP contribution >= 0.6 is 11.3 Å². The minimum Gasteiger partial charge on any atom is -0.356 e. The number of nitrogens with one attached hydrogen (secondary N) is 1. The van der Waals surface area contributed by atoms with Gasteiger partial charge >= 0.3 is 0 Å². The van der Waals surface area contributed by atoms with Gasteiger partial charge in [0.2, 0.25) is 16.2 Å². The van der Waals surface area contributed by atoms with E-state index in [4.69, 9.17) is 0 Å². The molecule has 2 aromatic heterocycles. The molecule has 1 aliphatic heterocycles. The van der Waals surface area contributed by atoms with Crippen LogP contribution in [0.3, 0.4) is 0 Å². The molecule has 3 aromatic rings. The first-order chi connectivity index (χ1) is 13.7. The number of rotatable bonds is 6. The summed E-state index contributed by atoms with van der Waals surface area (Å²) >= 11 is 1.59. The van der Waals surface area contributed by atoms with E-state index in [1.54, 1.807) is 11.3 Å². The van der Waals surface area contributed by atoms with Gasteiger partial charge in [-0.1, -0.05) is 41.2 Å². The Labute approximate surface area is 169 Å². The second kappa shape index (κ2) is 8.56. The summed E-state index contributed by atoms with van der Waals surface area (Å²) in [6.45, 7) is 4.46. The van der Waals surface area contributed by atoms with Gasteiger partial charge in [-0.3, -0.25) is 9.36 Å². The third kappa shape index (κ3) is 4.42. The molecule has 0 radical (unpaired) electrons. The van der Waals surface area contributed by atoms with Gasteiger partial charge in [0, 0.05) is 37.9 Å². The van der Waals surface area contributed by atoms with Gasteiger partial charge < -0.3 is 10.2 Å². The fourth-order valence-electron chi connectivity index (χ4n) is 3.46. The van der Waals surface area contributed by atoms with E-state index in [0.717, 1.165) is 42.6 Å². The van der Waals surface area contributed by atoms with Crippen LogP contribution in [0.15, 0.2) is 48.8 Å². The number of hydrogen-bond acceptors (Lipinski definition) is 5. The maximum atomic E-state index is 12.5. The monoisotopic (exact) mass is 395 g/mol. The van der Waals surface area contributed by atoms with E-state index in [2.05, 4.69) is 51.6 Å². The third-order valence-corrected chi connectivity index (χ3v) is 6.20. The predicted octanol–water partition coefficient (Wildman–Crippen LogP) is 3.21. The molecule has 1 amide bonds. The summed E-state index contributed by atoms with van der Waals surface area (Å²) in [6.07, 6.45) is 6.52. The van der Waals surface area contributed by atoms with E-state index in [1.807, 2.05) is 29.1 Å². The molecule has 6 nitrogen and oxygen atoms in total. The summed E-state index contributed by atoms with van der Waals surface area (Å²) < 4.78 is 1.97. The average molecular weight is 396 g/mol. The lowest BCUT2D eigenvalue weighted by Crippen LogP contribution is -2.41. The topological polar surface area (TPSA) is 63.1 Å². The van der Waals surface area contributed by atoms with Gasteiger partial charge in [-0.2, -0.15) is 0 Å². The van der Waals surface area contributed by atoms with Crippen molar-refractivity contribution in [2.45, 2.75) is 26.2 Å². The number of benzene rings is 1. The Morgan fingerprint density at radius 3 is 2.50 bits per heavy atom. The molecule has 1 aliphatic rings. The first-order valence-electron chi connectivity index (χ1n) is 9.74. The molecule has 0 atom stereocenters. The fraction of sp³-hybridized carbons (Fsp3) is 0.381. The summed E-state index contributed by atoms with van der Waals surface area (Å²) in [6, 6.07) is 12.4. The van der Waals surface area contributed by atoms with Crippen molar-refractivity contribution in [3.05, 3.63) is 59.9 Å². The van der Waals surface area contributed by atoms with Gasteiger partial charge in [-0.25, -0.2) is 0 Å². The van der Waals surface area contributed by atoms with Gasteiger partial charge in [0.25, 0.3) is 0 Å². The highest BCUT2D eigenvalue weighted by Gasteiger charge is 2.26. The third-order valence-electron chi connectivity index (χ3n) is 5.20. The number of carbonyl (C=O) groups excluding carboxylic acids is 1. The van der Waals surface area contributed by atoms with Gasteiger partial charge in [0.05, 0.1) is 0 Å². The largest absolute Gasteiger partial charge is 0.356 e. The van der Waals surface area contributed by atoms with E-state index in [0.29, 0.717) is 6.54 Å². The summed E-state index contributed by atoms with van der Waals surface area (Å²) in [5, 5.41) is 13.5. The number of aromatic nitrogens is 3. The number of hydrogen-bond donors (Lipinski definition) is 1. The van der Waals surface area contributed by atoms with Crippen LogP contribution < -0.4 is 10.2 Å². The standard InChI is InChI=1S/C21H25N5OS/c1-16-4-6-17(7-5-16)8-11-22-19(27)18-9-14-26(15-10-18)21-24-23-20(28-21)25-12-2-3-13-25/h2-7,12-13,18H,8-11,14-15H2,1H3,(H,22,27). The van der Waals surface area contributed by atoms with Crippen LogP contribution in [0.4, 0.5) is 5.13 Å². The van der Waals surface area contributed by atoms with Gasteiger partial charge in [-0.05, 0) is 43.9 Å². The Hall–Kier alpha value is -2.67. The van der Waals surface area contributed by atoms with Crippen molar-refractivity contribution in [1.82, 2.24) is 20.1 Å². The molecule has 1 saturated heterocycles. The molecule has 146 valence electrons. The normalized spacial score (nSPS) is 15.0. The Bertz CT molecular complexity index is 895. The van der Waals surface area contributed by atoms with Crippen LogP contribution in [0.25, 0.3) is 5.13 Å². The summed E-state index contributed by atoms with van der Waals surface area (Å²) in [7, 11) is 0. The Balaban J connectivity index is 1.23. The molecule has 1 fully saturated rings. The number of piperidine rings is 1. The average Bonchev–Trinajstić information content (AvgIpc) is 3.41. The van der Waals surface area contributed by atoms with Crippen LogP contribution in [-0.4, -0.2) is 40.3 Å². The lowest BCUT2D eigenvalue weighted by molar-refractivity contribution is -0.125. The highest BCUT2D eigenvalue weighted by molar-refractivity contribution is 7.17. The van der Waals surface area contributed by atoms with Gasteiger partial charge in [0.15, 0.2) is 0 Å². The van der Waals surface area contributed by atoms with E-state index in [-0.39, 0.29) is 11.8 Å². The second-order valence-electron chi connectivity index (χ2n) is 7.25. The predicted molar refractivity (Wildman–Crippen MR) is 112 cm³/mol. The van der Waals surface area contributed by atoms with E-state index in [1.165, 1.54) is 11.1 Å². The smallest absolute Gasteiger partial charge is 0.223 e. The van der Waals surface area contributed by atoms with Crippen molar-refractivity contribution in [2.24, 2.45) is 5.92 Å². The lowest BCUT2D eigenvalue weighted by atomic mass is 9.96. The molecule has 0 bridgehead atoms. The first-order valence-corrected chi connectivity index (χ1v) is 10.6. The second-order valence-corrected chi connectivity index (χ2v) is 8.18. The zero-order chi connectivity index (χ0) is 19.3. The molecule has 0 unspecified atom stereocenters. The highest BCUT2D eigenvalue weighted by atomic mass is 32.1. The Kier molecular flexibility index (Phi) is 5.71. The van der Waals surface area contributed by atoms with Crippen molar-refractivity contribution < 1.29 is 4.79 Å². The summed E-state index contributed by atoms with van der Waals surface area (Å²) in [4.78, 5) is 14.7. The molecular weight excluding hydrogens is 370 g/mol. The lowest BCUT2D eigenvalue weighted by Gasteiger charge is -2.30. The van der Waals surface area contributed by atoms with E-state index >= 15 is 0 Å². The SMILES string of the molecule is Cc1ccc(CCNC(=O)C2CCN(c3nnc(-n4cccc4)s3)CC2)cc1. The number of anilines is 1.